The van der Waals surface area contributed by atoms with Crippen LogP contribution in [0.2, 0.25) is 0 Å². The zero-order valence-corrected chi connectivity index (χ0v) is 12.2. The third kappa shape index (κ3) is 3.91. The number of amides is 1. The standard InChI is InChI=1S/C18H14FN3O/c19-14-6-8-16(9-7-14)21-17-12-13(10-11-20-17)18(23)22-15-4-2-1-3-5-15/h1-12H,(H,20,21)(H,22,23). The van der Waals surface area contributed by atoms with E-state index in [9.17, 15) is 9.18 Å². The van der Waals surface area contributed by atoms with Crippen LogP contribution >= 0.6 is 0 Å². The van der Waals surface area contributed by atoms with E-state index in [0.717, 1.165) is 5.69 Å². The fourth-order valence-electron chi connectivity index (χ4n) is 2.05. The fraction of sp³-hybridized carbons (Fsp3) is 0. The van der Waals surface area contributed by atoms with Crippen molar-refractivity contribution in [2.75, 3.05) is 10.6 Å². The molecule has 0 fully saturated rings. The van der Waals surface area contributed by atoms with E-state index in [0.29, 0.717) is 17.1 Å². The second kappa shape index (κ2) is 6.70. The SMILES string of the molecule is O=C(Nc1ccccc1)c1ccnc(Nc2ccc(F)cc2)c1. The summed E-state index contributed by atoms with van der Waals surface area (Å²) in [6.45, 7) is 0. The van der Waals surface area contributed by atoms with Gasteiger partial charge in [0.05, 0.1) is 0 Å². The summed E-state index contributed by atoms with van der Waals surface area (Å²) in [6.07, 6.45) is 1.55. The van der Waals surface area contributed by atoms with Crippen LogP contribution in [0, 0.1) is 5.82 Å². The number of nitrogens with one attached hydrogen (secondary N) is 2. The Morgan fingerprint density at radius 2 is 1.65 bits per heavy atom. The Morgan fingerprint density at radius 1 is 0.913 bits per heavy atom. The van der Waals surface area contributed by atoms with Crippen molar-refractivity contribution in [1.29, 1.82) is 0 Å². The lowest BCUT2D eigenvalue weighted by atomic mass is 10.2. The molecule has 5 heteroatoms. The van der Waals surface area contributed by atoms with Gasteiger partial charge in [-0.2, -0.15) is 0 Å². The van der Waals surface area contributed by atoms with Crippen molar-refractivity contribution >= 4 is 23.1 Å². The summed E-state index contributed by atoms with van der Waals surface area (Å²) < 4.78 is 12.9. The number of carbonyl (C=O) groups is 1. The first-order valence-corrected chi connectivity index (χ1v) is 7.06. The van der Waals surface area contributed by atoms with E-state index in [2.05, 4.69) is 15.6 Å². The quantitative estimate of drug-likeness (QED) is 0.759. The van der Waals surface area contributed by atoms with E-state index in [-0.39, 0.29) is 11.7 Å². The number of hydrogen-bond donors (Lipinski definition) is 2. The highest BCUT2D eigenvalue weighted by molar-refractivity contribution is 6.04. The first-order valence-electron chi connectivity index (χ1n) is 7.06. The van der Waals surface area contributed by atoms with Gasteiger partial charge in [0.15, 0.2) is 0 Å². The fourth-order valence-corrected chi connectivity index (χ4v) is 2.05. The molecule has 2 aromatic carbocycles. The molecule has 0 bridgehead atoms. The first kappa shape index (κ1) is 14.7. The summed E-state index contributed by atoms with van der Waals surface area (Å²) >= 11 is 0. The number of aromatic nitrogens is 1. The van der Waals surface area contributed by atoms with Gasteiger partial charge < -0.3 is 10.6 Å². The number of hydrogen-bond acceptors (Lipinski definition) is 3. The van der Waals surface area contributed by atoms with Crippen molar-refractivity contribution in [2.24, 2.45) is 0 Å². The molecule has 1 amide bonds. The smallest absolute Gasteiger partial charge is 0.255 e. The largest absolute Gasteiger partial charge is 0.340 e. The topological polar surface area (TPSA) is 54.0 Å². The van der Waals surface area contributed by atoms with Crippen LogP contribution in [0.5, 0.6) is 0 Å². The van der Waals surface area contributed by atoms with Gasteiger partial charge in [-0.05, 0) is 48.5 Å². The van der Waals surface area contributed by atoms with Gasteiger partial charge in [0.25, 0.3) is 5.91 Å². The Kier molecular flexibility index (Phi) is 4.29. The number of carbonyl (C=O) groups excluding carboxylic acids is 1. The third-order valence-corrected chi connectivity index (χ3v) is 3.17. The van der Waals surface area contributed by atoms with Crippen molar-refractivity contribution in [1.82, 2.24) is 4.98 Å². The molecule has 0 spiro atoms. The summed E-state index contributed by atoms with van der Waals surface area (Å²) in [5, 5.41) is 5.85. The lowest BCUT2D eigenvalue weighted by Crippen LogP contribution is -2.12. The molecule has 1 heterocycles. The molecule has 0 unspecified atom stereocenters. The van der Waals surface area contributed by atoms with Gasteiger partial charge in [0, 0.05) is 23.1 Å². The molecule has 0 radical (unpaired) electrons. The van der Waals surface area contributed by atoms with E-state index < -0.39 is 0 Å². The van der Waals surface area contributed by atoms with Crippen LogP contribution in [0.25, 0.3) is 0 Å². The zero-order chi connectivity index (χ0) is 16.1. The van der Waals surface area contributed by atoms with Gasteiger partial charge in [0.1, 0.15) is 11.6 Å². The van der Waals surface area contributed by atoms with Crippen molar-refractivity contribution in [3.63, 3.8) is 0 Å². The van der Waals surface area contributed by atoms with Crippen LogP contribution in [-0.2, 0) is 0 Å². The number of pyridine rings is 1. The highest BCUT2D eigenvalue weighted by Crippen LogP contribution is 2.16. The number of para-hydroxylation sites is 1. The van der Waals surface area contributed by atoms with Gasteiger partial charge in [0.2, 0.25) is 0 Å². The van der Waals surface area contributed by atoms with Gasteiger partial charge in [-0.1, -0.05) is 18.2 Å². The molecule has 114 valence electrons. The first-order chi connectivity index (χ1) is 11.2. The summed E-state index contributed by atoms with van der Waals surface area (Å²) in [7, 11) is 0. The Hall–Kier alpha value is -3.21. The Labute approximate surface area is 133 Å². The summed E-state index contributed by atoms with van der Waals surface area (Å²) in [5.74, 6) is -0.0161. The van der Waals surface area contributed by atoms with Gasteiger partial charge in [-0.15, -0.1) is 0 Å². The van der Waals surface area contributed by atoms with E-state index in [1.54, 1.807) is 30.5 Å². The predicted octanol–water partition coefficient (Wildman–Crippen LogP) is 4.22. The summed E-state index contributed by atoms with van der Waals surface area (Å²) in [4.78, 5) is 16.4. The molecule has 3 aromatic rings. The molecule has 3 rings (SSSR count). The number of benzene rings is 2. The predicted molar refractivity (Wildman–Crippen MR) is 88.3 cm³/mol. The highest BCUT2D eigenvalue weighted by atomic mass is 19.1. The van der Waals surface area contributed by atoms with Crippen LogP contribution in [0.3, 0.4) is 0 Å². The second-order valence-corrected chi connectivity index (χ2v) is 4.88. The molecule has 1 aromatic heterocycles. The Bertz CT molecular complexity index is 804. The van der Waals surface area contributed by atoms with Crippen molar-refractivity contribution in [3.8, 4) is 0 Å². The average molecular weight is 307 g/mol. The molecule has 0 aliphatic heterocycles. The lowest BCUT2D eigenvalue weighted by Gasteiger charge is -2.08. The summed E-state index contributed by atoms with van der Waals surface area (Å²) in [5.41, 5.74) is 1.90. The summed E-state index contributed by atoms with van der Waals surface area (Å²) in [6, 6.07) is 18.4. The molecule has 23 heavy (non-hydrogen) atoms. The number of rotatable bonds is 4. The minimum atomic E-state index is -0.306. The third-order valence-electron chi connectivity index (χ3n) is 3.17. The minimum absolute atomic E-state index is 0.222. The molecule has 2 N–H and O–H groups in total. The van der Waals surface area contributed by atoms with E-state index in [1.165, 1.54) is 12.1 Å². The normalized spacial score (nSPS) is 10.1. The van der Waals surface area contributed by atoms with Gasteiger partial charge in [-0.3, -0.25) is 4.79 Å². The number of halogens is 1. The molecular formula is C18H14FN3O. The van der Waals surface area contributed by atoms with Crippen LogP contribution in [0.1, 0.15) is 10.4 Å². The number of anilines is 3. The Balaban J connectivity index is 1.74. The second-order valence-electron chi connectivity index (χ2n) is 4.88. The molecule has 0 saturated carbocycles. The number of nitrogens with zero attached hydrogens (tertiary/aromatic N) is 1. The van der Waals surface area contributed by atoms with Crippen LogP contribution in [0.15, 0.2) is 72.9 Å². The zero-order valence-electron chi connectivity index (χ0n) is 12.2. The molecule has 4 nitrogen and oxygen atoms in total. The van der Waals surface area contributed by atoms with Crippen molar-refractivity contribution in [2.45, 2.75) is 0 Å². The Morgan fingerprint density at radius 3 is 2.39 bits per heavy atom. The maximum Gasteiger partial charge on any atom is 0.255 e. The lowest BCUT2D eigenvalue weighted by molar-refractivity contribution is 0.102. The van der Waals surface area contributed by atoms with Crippen LogP contribution in [-0.4, -0.2) is 10.9 Å². The molecule has 0 aliphatic rings. The molecule has 0 aliphatic carbocycles. The monoisotopic (exact) mass is 307 g/mol. The van der Waals surface area contributed by atoms with Gasteiger partial charge in [-0.25, -0.2) is 9.37 Å². The molecular weight excluding hydrogens is 293 g/mol. The highest BCUT2D eigenvalue weighted by Gasteiger charge is 2.07. The maximum absolute atomic E-state index is 12.9. The van der Waals surface area contributed by atoms with Crippen molar-refractivity contribution < 1.29 is 9.18 Å². The average Bonchev–Trinajstić information content (AvgIpc) is 2.58. The maximum atomic E-state index is 12.9. The van der Waals surface area contributed by atoms with E-state index in [1.807, 2.05) is 30.3 Å². The van der Waals surface area contributed by atoms with Crippen molar-refractivity contribution in [3.05, 3.63) is 84.3 Å². The van der Waals surface area contributed by atoms with Crippen LogP contribution < -0.4 is 10.6 Å². The minimum Gasteiger partial charge on any atom is -0.340 e. The van der Waals surface area contributed by atoms with E-state index in [4.69, 9.17) is 0 Å². The molecule has 0 saturated heterocycles. The van der Waals surface area contributed by atoms with Crippen LogP contribution in [0.4, 0.5) is 21.6 Å². The van der Waals surface area contributed by atoms with E-state index >= 15 is 0 Å². The molecule has 0 atom stereocenters. The van der Waals surface area contributed by atoms with Gasteiger partial charge >= 0.3 is 0 Å².